The van der Waals surface area contributed by atoms with E-state index < -0.39 is 0 Å². The van der Waals surface area contributed by atoms with Crippen molar-refractivity contribution < 1.29 is 0 Å². The molecule has 0 saturated carbocycles. The van der Waals surface area contributed by atoms with E-state index in [0.717, 1.165) is 89.6 Å². The van der Waals surface area contributed by atoms with E-state index in [4.69, 9.17) is 46.4 Å². The van der Waals surface area contributed by atoms with Crippen LogP contribution in [0.1, 0.15) is 0 Å². The van der Waals surface area contributed by atoms with Crippen LogP contribution in [0.25, 0.3) is 43.1 Å². The average Bonchev–Trinajstić information content (AvgIpc) is 3.90. The molecule has 240 valence electrons. The van der Waals surface area contributed by atoms with Gasteiger partial charge in [-0.3, -0.25) is 19.6 Å². The highest BCUT2D eigenvalue weighted by Gasteiger charge is 2.30. The first kappa shape index (κ1) is 29.5. The Morgan fingerprint density at radius 3 is 0.562 bits per heavy atom. The highest BCUT2D eigenvalue weighted by Crippen LogP contribution is 2.49. The first-order chi connectivity index (χ1) is 23.7. The van der Waals surface area contributed by atoms with Gasteiger partial charge in [0.15, 0.2) is 0 Å². The molecule has 4 aromatic carbocycles. The smallest absolute Gasteiger partial charge is 0.122 e. The fraction of sp³-hybridized carbons (Fsp3) is 0.111. The molecule has 9 rings (SSSR count). The van der Waals surface area contributed by atoms with Crippen LogP contribution < -0.4 is 19.6 Å². The summed E-state index contributed by atoms with van der Waals surface area (Å²) < 4.78 is 0. The van der Waals surface area contributed by atoms with Crippen molar-refractivity contribution in [1.82, 2.24) is 19.9 Å². The Balaban J connectivity index is 1.44. The number of hydrogen-bond donors (Lipinski definition) is 4. The van der Waals surface area contributed by atoms with Crippen molar-refractivity contribution in [3.8, 4) is 0 Å². The number of aromatic amines is 4. The number of aromatic nitrogens is 4. The number of alkyl halides is 4. The minimum absolute atomic E-state index is 0.172. The molecule has 1 aliphatic heterocycles. The number of fused-ring (bicyclic) bond motifs is 20. The summed E-state index contributed by atoms with van der Waals surface area (Å²) in [6.07, 6.45) is 0. The zero-order valence-corrected chi connectivity index (χ0v) is 28.4. The van der Waals surface area contributed by atoms with Crippen molar-refractivity contribution in [3.05, 3.63) is 97.1 Å². The Hall–Kier alpha value is -4.60. The predicted octanol–water partition coefficient (Wildman–Crippen LogP) is 11.3. The van der Waals surface area contributed by atoms with Gasteiger partial charge in [0.1, 0.15) is 70.6 Å². The predicted molar refractivity (Wildman–Crippen MR) is 205 cm³/mol. The zero-order chi connectivity index (χ0) is 32.5. The molecule has 0 fully saturated rings. The molecular weight excluding hydrogens is 686 g/mol. The van der Waals surface area contributed by atoms with E-state index in [-0.39, 0.29) is 24.0 Å². The molecule has 4 N–H and O–H groups in total. The van der Waals surface area contributed by atoms with Gasteiger partial charge in [-0.15, -0.1) is 46.4 Å². The molecule has 8 bridgehead atoms. The van der Waals surface area contributed by atoms with Gasteiger partial charge in [0, 0.05) is 43.1 Å². The monoisotopic (exact) mass is 712 g/mol. The van der Waals surface area contributed by atoms with Gasteiger partial charge in [0.2, 0.25) is 0 Å². The van der Waals surface area contributed by atoms with Gasteiger partial charge in [0.05, 0.1) is 0 Å². The lowest BCUT2D eigenvalue weighted by Crippen LogP contribution is -2.20. The molecule has 8 nitrogen and oxygen atoms in total. The van der Waals surface area contributed by atoms with Gasteiger partial charge in [-0.2, -0.15) is 0 Å². The Kier molecular flexibility index (Phi) is 7.09. The maximum Gasteiger partial charge on any atom is 0.122 e. The third kappa shape index (κ3) is 4.16. The molecular formula is C36H28Cl4N8. The van der Waals surface area contributed by atoms with Crippen LogP contribution in [-0.2, 0) is 0 Å². The third-order valence-corrected chi connectivity index (χ3v) is 10.3. The summed E-state index contributed by atoms with van der Waals surface area (Å²) in [5.41, 5.74) is 0. The van der Waals surface area contributed by atoms with Crippen molar-refractivity contribution in [1.29, 1.82) is 0 Å². The molecule has 0 atom stereocenters. The number of hydrogen-bond acceptors (Lipinski definition) is 4. The second kappa shape index (κ2) is 11.5. The summed E-state index contributed by atoms with van der Waals surface area (Å²) in [4.78, 5) is 23.2. The van der Waals surface area contributed by atoms with Crippen LogP contribution >= 0.6 is 46.4 Å². The zero-order valence-electron chi connectivity index (χ0n) is 25.4. The van der Waals surface area contributed by atoms with Crippen LogP contribution in [0.3, 0.4) is 0 Å². The molecule has 8 aromatic rings. The second-order valence-electron chi connectivity index (χ2n) is 11.7. The molecule has 0 unspecified atom stereocenters. The Morgan fingerprint density at radius 2 is 0.438 bits per heavy atom. The van der Waals surface area contributed by atoms with E-state index in [0.29, 0.717) is 0 Å². The number of nitrogens with zero attached hydrogens (tertiary/aromatic N) is 4. The summed E-state index contributed by atoms with van der Waals surface area (Å²) in [7, 11) is 0. The maximum absolute atomic E-state index is 6.87. The number of nitrogens with one attached hydrogen (secondary N) is 4. The molecule has 4 aromatic heterocycles. The molecule has 12 heteroatoms. The Bertz CT molecular complexity index is 1980. The lowest BCUT2D eigenvalue weighted by Gasteiger charge is -2.24. The normalized spacial score (nSPS) is 13.6. The van der Waals surface area contributed by atoms with Gasteiger partial charge in [-0.05, 0) is 0 Å². The highest BCUT2D eigenvalue weighted by atomic mass is 35.5. The number of H-pyrrole nitrogens is 4. The molecule has 0 amide bonds. The van der Waals surface area contributed by atoms with Crippen molar-refractivity contribution in [2.45, 2.75) is 0 Å². The maximum atomic E-state index is 6.87. The molecule has 0 aliphatic carbocycles. The fourth-order valence-electron chi connectivity index (χ4n) is 7.20. The van der Waals surface area contributed by atoms with Gasteiger partial charge in [-0.25, -0.2) is 0 Å². The van der Waals surface area contributed by atoms with E-state index in [1.807, 2.05) is 48.5 Å². The van der Waals surface area contributed by atoms with E-state index in [9.17, 15) is 0 Å². The van der Waals surface area contributed by atoms with Gasteiger partial charge in [0.25, 0.3) is 0 Å². The molecule has 0 radical (unpaired) electrons. The molecule has 0 spiro atoms. The Labute approximate surface area is 295 Å². The van der Waals surface area contributed by atoms with Crippen LogP contribution in [0.15, 0.2) is 97.1 Å². The summed E-state index contributed by atoms with van der Waals surface area (Å²) >= 11 is 27.5. The van der Waals surface area contributed by atoms with Crippen molar-refractivity contribution in [3.63, 3.8) is 0 Å². The van der Waals surface area contributed by atoms with Crippen LogP contribution in [0.2, 0.25) is 0 Å². The largest absolute Gasteiger partial charge is 0.327 e. The average molecular weight is 714 g/mol. The minimum Gasteiger partial charge on any atom is -0.327 e. The van der Waals surface area contributed by atoms with Crippen molar-refractivity contribution in [2.75, 3.05) is 43.6 Å². The van der Waals surface area contributed by atoms with E-state index in [1.165, 1.54) is 0 Å². The first-order valence-electron chi connectivity index (χ1n) is 15.4. The van der Waals surface area contributed by atoms with Gasteiger partial charge < -0.3 is 19.9 Å². The van der Waals surface area contributed by atoms with Crippen LogP contribution in [0.5, 0.6) is 0 Å². The summed E-state index contributed by atoms with van der Waals surface area (Å²) in [5.74, 6) is 6.67. The number of benzene rings is 4. The second-order valence-corrected chi connectivity index (χ2v) is 12.6. The topological polar surface area (TPSA) is 76.1 Å². The van der Waals surface area contributed by atoms with E-state index in [2.05, 4.69) is 88.1 Å². The SMILES string of the molecule is ClCN1c2[nH]c(c3ccccc23)N(CCl)c2[nH]c(c3ccccc23)N(CCl)c2[nH]c(c3ccccc23)N(CCl)c2[nH]c1c1ccccc21. The number of rotatable bonds is 4. The lowest BCUT2D eigenvalue weighted by molar-refractivity contribution is 1.02. The minimum atomic E-state index is 0.172. The van der Waals surface area contributed by atoms with Gasteiger partial charge >= 0.3 is 0 Å². The molecule has 0 saturated heterocycles. The number of anilines is 8. The van der Waals surface area contributed by atoms with E-state index >= 15 is 0 Å². The quantitative estimate of drug-likeness (QED) is 0.108. The van der Waals surface area contributed by atoms with Crippen LogP contribution in [-0.4, -0.2) is 44.0 Å². The molecule has 5 heterocycles. The molecule has 48 heavy (non-hydrogen) atoms. The lowest BCUT2D eigenvalue weighted by atomic mass is 10.1. The van der Waals surface area contributed by atoms with E-state index in [1.54, 1.807) is 0 Å². The summed E-state index contributed by atoms with van der Waals surface area (Å²) in [6.45, 7) is 0. The van der Waals surface area contributed by atoms with Crippen molar-refractivity contribution >= 4 is 136 Å². The van der Waals surface area contributed by atoms with Crippen molar-refractivity contribution in [2.24, 2.45) is 0 Å². The fourth-order valence-corrected chi connectivity index (χ4v) is 8.16. The molecule has 1 aliphatic rings. The summed E-state index contributed by atoms with van der Waals surface area (Å²) in [5, 5.41) is 8.00. The Morgan fingerprint density at radius 1 is 0.292 bits per heavy atom. The summed E-state index contributed by atoms with van der Waals surface area (Å²) in [6, 6.07) is 33.7. The van der Waals surface area contributed by atoms with Gasteiger partial charge in [-0.1, -0.05) is 97.1 Å². The van der Waals surface area contributed by atoms with Crippen LogP contribution in [0.4, 0.5) is 46.5 Å². The third-order valence-electron chi connectivity index (χ3n) is 9.33. The number of halogens is 4. The van der Waals surface area contributed by atoms with Crippen LogP contribution in [0, 0.1) is 0 Å². The first-order valence-corrected chi connectivity index (χ1v) is 17.6. The highest BCUT2D eigenvalue weighted by molar-refractivity contribution is 6.24. The standard InChI is InChI=1S/C36H28Cl4N8/c37-17-45-29-21-9-1-2-10-22(21)30(41-29)46(18-38)32-25-13-5-6-14-26(25)34(43-32)48(20-40)36-28-16-8-7-15-27(28)35(44-36)47(19-39)33-24-12-4-3-11-23(24)31(45)42-33/h1-16,41-44H,17-20H2.